The Morgan fingerprint density at radius 2 is 1.76 bits per heavy atom. The zero-order valence-corrected chi connectivity index (χ0v) is 13.3. The predicted molar refractivity (Wildman–Crippen MR) is 80.8 cm³/mol. The van der Waals surface area contributed by atoms with Crippen LogP contribution in [0.5, 0.6) is 0 Å². The number of carbonyl (C=O) groups is 2. The van der Waals surface area contributed by atoms with E-state index in [9.17, 15) is 9.59 Å². The van der Waals surface area contributed by atoms with E-state index < -0.39 is 5.60 Å². The minimum absolute atomic E-state index is 0.177. The Bertz CT molecular complexity index is 415. The van der Waals surface area contributed by atoms with Crippen LogP contribution in [-0.2, 0) is 4.74 Å². The molecule has 1 unspecified atom stereocenters. The molecule has 6 nitrogen and oxygen atoms in total. The molecule has 1 aliphatic heterocycles. The normalized spacial score (nSPS) is 16.9. The van der Waals surface area contributed by atoms with Gasteiger partial charge in [0.1, 0.15) is 5.60 Å². The predicted octanol–water partition coefficient (Wildman–Crippen LogP) is 1.66. The van der Waals surface area contributed by atoms with Crippen LogP contribution >= 0.6 is 0 Å². The van der Waals surface area contributed by atoms with E-state index in [1.54, 1.807) is 9.80 Å². The van der Waals surface area contributed by atoms with Crippen molar-refractivity contribution in [1.29, 1.82) is 0 Å². The Kier molecular flexibility index (Phi) is 5.89. The van der Waals surface area contributed by atoms with Gasteiger partial charge in [0.05, 0.1) is 6.04 Å². The first-order valence-electron chi connectivity index (χ1n) is 7.26. The third kappa shape index (κ3) is 5.54. The monoisotopic (exact) mass is 295 g/mol. The lowest BCUT2D eigenvalue weighted by Crippen LogP contribution is -2.55. The topological polar surface area (TPSA) is 61.9 Å². The van der Waals surface area contributed by atoms with E-state index in [0.717, 1.165) is 0 Å². The first-order valence-corrected chi connectivity index (χ1v) is 7.26. The highest BCUT2D eigenvalue weighted by Gasteiger charge is 2.27. The van der Waals surface area contributed by atoms with Crippen LogP contribution in [0.25, 0.3) is 0 Å². The van der Waals surface area contributed by atoms with Crippen molar-refractivity contribution in [1.82, 2.24) is 15.1 Å². The largest absolute Gasteiger partial charge is 0.444 e. The first kappa shape index (κ1) is 17.2. The smallest absolute Gasteiger partial charge is 0.410 e. The van der Waals surface area contributed by atoms with E-state index in [1.165, 1.54) is 0 Å². The van der Waals surface area contributed by atoms with Gasteiger partial charge in [-0.1, -0.05) is 12.8 Å². The average Bonchev–Trinajstić information content (AvgIpc) is 2.42. The lowest BCUT2D eigenvalue weighted by atomic mass is 10.2. The van der Waals surface area contributed by atoms with Gasteiger partial charge in [-0.05, 0) is 27.2 Å². The molecule has 1 saturated heterocycles. The number of hydrogen-bond donors (Lipinski definition) is 1. The van der Waals surface area contributed by atoms with Gasteiger partial charge in [-0.15, -0.1) is 6.42 Å². The Labute approximate surface area is 126 Å². The van der Waals surface area contributed by atoms with Crippen molar-refractivity contribution in [2.24, 2.45) is 0 Å². The second-order valence-corrected chi connectivity index (χ2v) is 6.03. The van der Waals surface area contributed by atoms with Crippen LogP contribution in [0.4, 0.5) is 9.59 Å². The lowest BCUT2D eigenvalue weighted by molar-refractivity contribution is 0.0169. The maximum atomic E-state index is 12.0. The fraction of sp³-hybridized carbons (Fsp3) is 0.733. The summed E-state index contributed by atoms with van der Waals surface area (Å²) in [6, 6.07) is -0.426. The minimum atomic E-state index is -0.507. The van der Waals surface area contributed by atoms with E-state index in [4.69, 9.17) is 11.2 Å². The molecule has 0 radical (unpaired) electrons. The first-order chi connectivity index (χ1) is 9.76. The molecule has 0 aliphatic carbocycles. The molecular weight excluding hydrogens is 270 g/mol. The van der Waals surface area contributed by atoms with E-state index in [0.29, 0.717) is 32.6 Å². The highest BCUT2D eigenvalue weighted by Crippen LogP contribution is 2.12. The Balaban J connectivity index is 2.43. The number of ether oxygens (including phenoxy) is 1. The summed E-state index contributed by atoms with van der Waals surface area (Å²) in [5.41, 5.74) is -0.507. The Morgan fingerprint density at radius 1 is 1.24 bits per heavy atom. The molecule has 3 amide bonds. The molecule has 1 heterocycles. The van der Waals surface area contributed by atoms with Gasteiger partial charge >= 0.3 is 12.1 Å². The van der Waals surface area contributed by atoms with Crippen LogP contribution in [0.2, 0.25) is 0 Å². The van der Waals surface area contributed by atoms with Crippen LogP contribution in [0.15, 0.2) is 0 Å². The fourth-order valence-corrected chi connectivity index (χ4v) is 1.92. The van der Waals surface area contributed by atoms with Crippen molar-refractivity contribution in [3.8, 4) is 12.3 Å². The van der Waals surface area contributed by atoms with Gasteiger partial charge in [0, 0.05) is 26.2 Å². The van der Waals surface area contributed by atoms with Gasteiger partial charge in [0.25, 0.3) is 0 Å². The van der Waals surface area contributed by atoms with Crippen LogP contribution in [0.3, 0.4) is 0 Å². The number of amides is 3. The second-order valence-electron chi connectivity index (χ2n) is 6.03. The SMILES string of the molecule is C#CC(CC)NC(=O)N1CCN(C(=O)OC(C)(C)C)CC1. The van der Waals surface area contributed by atoms with Gasteiger partial charge < -0.3 is 19.9 Å². The fourth-order valence-electron chi connectivity index (χ4n) is 1.92. The molecule has 1 aliphatic rings. The molecule has 118 valence electrons. The second kappa shape index (κ2) is 7.21. The number of hydrogen-bond acceptors (Lipinski definition) is 3. The van der Waals surface area contributed by atoms with Crippen molar-refractivity contribution in [2.45, 2.75) is 45.8 Å². The summed E-state index contributed by atoms with van der Waals surface area (Å²) in [4.78, 5) is 27.2. The summed E-state index contributed by atoms with van der Waals surface area (Å²) in [6.45, 7) is 9.31. The van der Waals surface area contributed by atoms with Crippen molar-refractivity contribution in [3.63, 3.8) is 0 Å². The molecule has 6 heteroatoms. The quantitative estimate of drug-likeness (QED) is 0.788. The van der Waals surface area contributed by atoms with Gasteiger partial charge in [-0.2, -0.15) is 0 Å². The molecule has 0 aromatic heterocycles. The number of nitrogens with zero attached hydrogens (tertiary/aromatic N) is 2. The van der Waals surface area contributed by atoms with E-state index in [1.807, 2.05) is 27.7 Å². The number of terminal acetylenes is 1. The van der Waals surface area contributed by atoms with Crippen LogP contribution < -0.4 is 5.32 Å². The molecule has 0 aromatic carbocycles. The third-order valence-electron chi connectivity index (χ3n) is 3.13. The number of piperazine rings is 1. The lowest BCUT2D eigenvalue weighted by Gasteiger charge is -2.35. The average molecular weight is 295 g/mol. The molecule has 1 fully saturated rings. The minimum Gasteiger partial charge on any atom is -0.444 e. The number of rotatable bonds is 2. The molecule has 1 rings (SSSR count). The summed E-state index contributed by atoms with van der Waals surface area (Å²) >= 11 is 0. The van der Waals surface area contributed by atoms with E-state index in [-0.39, 0.29) is 18.2 Å². The number of carbonyl (C=O) groups excluding carboxylic acids is 2. The summed E-state index contributed by atoms with van der Waals surface area (Å²) < 4.78 is 5.31. The van der Waals surface area contributed by atoms with Crippen molar-refractivity contribution in [3.05, 3.63) is 0 Å². The molecule has 0 spiro atoms. The summed E-state index contributed by atoms with van der Waals surface area (Å²) in [7, 11) is 0. The molecular formula is C15H25N3O3. The van der Waals surface area contributed by atoms with Crippen molar-refractivity contribution < 1.29 is 14.3 Å². The van der Waals surface area contributed by atoms with Gasteiger partial charge in [-0.25, -0.2) is 9.59 Å². The van der Waals surface area contributed by atoms with E-state index >= 15 is 0 Å². The zero-order valence-electron chi connectivity index (χ0n) is 13.3. The van der Waals surface area contributed by atoms with E-state index in [2.05, 4.69) is 11.2 Å². The summed E-state index contributed by atoms with van der Waals surface area (Å²) in [6.07, 6.45) is 5.69. The van der Waals surface area contributed by atoms with Crippen LogP contribution in [-0.4, -0.2) is 59.7 Å². The molecule has 1 atom stereocenters. The molecule has 21 heavy (non-hydrogen) atoms. The van der Waals surface area contributed by atoms with Gasteiger partial charge in [-0.3, -0.25) is 0 Å². The van der Waals surface area contributed by atoms with Gasteiger partial charge in [0.15, 0.2) is 0 Å². The zero-order chi connectivity index (χ0) is 16.0. The highest BCUT2D eigenvalue weighted by atomic mass is 16.6. The summed E-state index contributed by atoms with van der Waals surface area (Å²) in [5.74, 6) is 2.53. The number of urea groups is 1. The Morgan fingerprint density at radius 3 is 2.19 bits per heavy atom. The highest BCUT2D eigenvalue weighted by molar-refractivity contribution is 5.75. The molecule has 0 aromatic rings. The number of nitrogens with one attached hydrogen (secondary N) is 1. The summed E-state index contributed by atoms with van der Waals surface area (Å²) in [5, 5.41) is 2.78. The van der Waals surface area contributed by atoms with Crippen LogP contribution in [0, 0.1) is 12.3 Å². The molecule has 0 saturated carbocycles. The maximum Gasteiger partial charge on any atom is 0.410 e. The van der Waals surface area contributed by atoms with Crippen LogP contribution in [0.1, 0.15) is 34.1 Å². The third-order valence-corrected chi connectivity index (χ3v) is 3.13. The van der Waals surface area contributed by atoms with Crippen molar-refractivity contribution >= 4 is 12.1 Å². The Hall–Kier alpha value is -1.90. The van der Waals surface area contributed by atoms with Gasteiger partial charge in [0.2, 0.25) is 0 Å². The molecule has 0 bridgehead atoms. The van der Waals surface area contributed by atoms with Crippen molar-refractivity contribution in [2.75, 3.05) is 26.2 Å². The standard InChI is InChI=1S/C15H25N3O3/c1-6-12(7-2)16-13(19)17-8-10-18(11-9-17)14(20)21-15(3,4)5/h1,12H,7-11H2,2-5H3,(H,16,19). The maximum absolute atomic E-state index is 12.0. The molecule has 1 N–H and O–H groups in total.